The molecule has 0 aromatic carbocycles. The highest BCUT2D eigenvalue weighted by Crippen LogP contribution is 2.31. The summed E-state index contributed by atoms with van der Waals surface area (Å²) >= 11 is 0. The van der Waals surface area contributed by atoms with Crippen molar-refractivity contribution in [2.24, 2.45) is 11.8 Å². The first kappa shape index (κ1) is 12.4. The zero-order valence-electron chi connectivity index (χ0n) is 11.4. The van der Waals surface area contributed by atoms with Gasteiger partial charge in [0.25, 0.3) is 0 Å². The molecule has 0 spiro atoms. The molecule has 0 aromatic heterocycles. The van der Waals surface area contributed by atoms with Crippen LogP contribution >= 0.6 is 0 Å². The zero-order valence-corrected chi connectivity index (χ0v) is 11.4. The zero-order chi connectivity index (χ0) is 11.7. The van der Waals surface area contributed by atoms with Crippen LogP contribution in [0.1, 0.15) is 47.0 Å². The first-order valence-electron chi connectivity index (χ1n) is 7.10. The van der Waals surface area contributed by atoms with Crippen molar-refractivity contribution in [3.8, 4) is 0 Å². The molecule has 0 aromatic rings. The van der Waals surface area contributed by atoms with Crippen LogP contribution in [0.15, 0.2) is 0 Å². The van der Waals surface area contributed by atoms with E-state index in [4.69, 9.17) is 0 Å². The highest BCUT2D eigenvalue weighted by molar-refractivity contribution is 4.94. The maximum Gasteiger partial charge on any atom is 0.0512 e. The van der Waals surface area contributed by atoms with Gasteiger partial charge in [-0.1, -0.05) is 27.2 Å². The van der Waals surface area contributed by atoms with Crippen molar-refractivity contribution in [1.82, 2.24) is 9.80 Å². The van der Waals surface area contributed by atoms with Gasteiger partial charge in [-0.15, -0.1) is 0 Å². The van der Waals surface area contributed by atoms with Gasteiger partial charge in [0.2, 0.25) is 0 Å². The van der Waals surface area contributed by atoms with Gasteiger partial charge < -0.3 is 0 Å². The molecular formula is C14H28N2. The summed E-state index contributed by atoms with van der Waals surface area (Å²) in [4.78, 5) is 5.36. The molecule has 16 heavy (non-hydrogen) atoms. The van der Waals surface area contributed by atoms with Crippen molar-refractivity contribution < 1.29 is 0 Å². The van der Waals surface area contributed by atoms with Gasteiger partial charge in [-0.2, -0.15) is 0 Å². The average molecular weight is 224 g/mol. The maximum absolute atomic E-state index is 2.72. The average Bonchev–Trinajstić information content (AvgIpc) is 2.94. The second kappa shape index (κ2) is 5.05. The molecule has 0 N–H and O–H groups in total. The molecule has 2 saturated heterocycles. The smallest absolute Gasteiger partial charge is 0.0512 e. The standard InChI is InChI=1S/C14H28N2/c1-5-6-12(3)13(4)15-8-11(2)7-14-9-16(14)10-15/h11-14H,5-10H2,1-4H3/t11?,12-,13?,14?,16+/m0/s1. The Bertz CT molecular complexity index is 227. The number of rotatable bonds is 4. The summed E-state index contributed by atoms with van der Waals surface area (Å²) in [6.45, 7) is 13.5. The predicted molar refractivity (Wildman–Crippen MR) is 69.4 cm³/mol. The van der Waals surface area contributed by atoms with E-state index in [1.807, 2.05) is 0 Å². The van der Waals surface area contributed by atoms with Crippen molar-refractivity contribution in [2.45, 2.75) is 59.0 Å². The van der Waals surface area contributed by atoms with Gasteiger partial charge >= 0.3 is 0 Å². The van der Waals surface area contributed by atoms with Gasteiger partial charge in [0.1, 0.15) is 0 Å². The molecule has 2 nitrogen and oxygen atoms in total. The van der Waals surface area contributed by atoms with Crippen LogP contribution < -0.4 is 0 Å². The van der Waals surface area contributed by atoms with E-state index in [2.05, 4.69) is 37.5 Å². The molecule has 2 aliphatic heterocycles. The van der Waals surface area contributed by atoms with E-state index in [9.17, 15) is 0 Å². The van der Waals surface area contributed by atoms with E-state index in [0.717, 1.165) is 23.9 Å². The molecule has 2 fully saturated rings. The quantitative estimate of drug-likeness (QED) is 0.677. The number of hydrogen-bond donors (Lipinski definition) is 0. The lowest BCUT2D eigenvalue weighted by Crippen LogP contribution is -2.42. The van der Waals surface area contributed by atoms with E-state index >= 15 is 0 Å². The third kappa shape index (κ3) is 2.78. The predicted octanol–water partition coefficient (Wildman–Crippen LogP) is 2.79. The first-order valence-corrected chi connectivity index (χ1v) is 7.10. The van der Waals surface area contributed by atoms with Crippen molar-refractivity contribution in [2.75, 3.05) is 19.8 Å². The number of hydrogen-bond acceptors (Lipinski definition) is 2. The molecule has 94 valence electrons. The Morgan fingerprint density at radius 2 is 2.00 bits per heavy atom. The van der Waals surface area contributed by atoms with E-state index < -0.39 is 0 Å². The Hall–Kier alpha value is -0.0800. The Labute approximate surface area is 101 Å². The molecule has 0 amide bonds. The Kier molecular flexibility index (Phi) is 3.91. The number of fused-ring (bicyclic) bond motifs is 1. The molecular weight excluding hydrogens is 196 g/mol. The molecule has 2 aliphatic rings. The summed E-state index contributed by atoms with van der Waals surface area (Å²) in [7, 11) is 0. The van der Waals surface area contributed by atoms with Crippen LogP contribution in [0.25, 0.3) is 0 Å². The van der Waals surface area contributed by atoms with Crippen molar-refractivity contribution in [1.29, 1.82) is 0 Å². The highest BCUT2D eigenvalue weighted by Gasteiger charge is 2.40. The van der Waals surface area contributed by atoms with Gasteiger partial charge in [-0.05, 0) is 31.6 Å². The summed E-state index contributed by atoms with van der Waals surface area (Å²) in [6.07, 6.45) is 4.11. The van der Waals surface area contributed by atoms with Gasteiger partial charge in [-0.3, -0.25) is 9.80 Å². The van der Waals surface area contributed by atoms with Gasteiger partial charge in [0.15, 0.2) is 0 Å². The summed E-state index contributed by atoms with van der Waals surface area (Å²) in [6, 6.07) is 1.68. The highest BCUT2D eigenvalue weighted by atomic mass is 15.4. The van der Waals surface area contributed by atoms with Crippen molar-refractivity contribution in [3.63, 3.8) is 0 Å². The van der Waals surface area contributed by atoms with E-state index in [0.29, 0.717) is 0 Å². The Morgan fingerprint density at radius 1 is 1.25 bits per heavy atom. The van der Waals surface area contributed by atoms with Crippen LogP contribution in [0, 0.1) is 11.8 Å². The molecule has 3 unspecified atom stereocenters. The molecule has 2 heteroatoms. The lowest BCUT2D eigenvalue weighted by molar-refractivity contribution is 0.115. The van der Waals surface area contributed by atoms with Gasteiger partial charge in [-0.25, -0.2) is 0 Å². The maximum atomic E-state index is 2.72. The summed E-state index contributed by atoms with van der Waals surface area (Å²) in [5.41, 5.74) is 0. The second-order valence-electron chi connectivity index (χ2n) is 6.19. The fraction of sp³-hybridized carbons (Fsp3) is 1.00. The SMILES string of the molecule is CCC[C@H](C)C(C)N1CC(C)CC2C[N@]2C1. The lowest BCUT2D eigenvalue weighted by atomic mass is 9.96. The van der Waals surface area contributed by atoms with Crippen LogP contribution in [0.5, 0.6) is 0 Å². The Morgan fingerprint density at radius 3 is 2.69 bits per heavy atom. The lowest BCUT2D eigenvalue weighted by Gasteiger charge is -2.34. The van der Waals surface area contributed by atoms with E-state index in [1.54, 1.807) is 0 Å². The van der Waals surface area contributed by atoms with Crippen molar-refractivity contribution in [3.05, 3.63) is 0 Å². The molecule has 0 aliphatic carbocycles. The Balaban J connectivity index is 1.91. The second-order valence-corrected chi connectivity index (χ2v) is 6.19. The third-order valence-corrected chi connectivity index (χ3v) is 4.56. The molecule has 0 radical (unpaired) electrons. The molecule has 0 bridgehead atoms. The minimum atomic E-state index is 0.752. The van der Waals surface area contributed by atoms with Crippen LogP contribution in [0.4, 0.5) is 0 Å². The number of nitrogens with zero attached hydrogens (tertiary/aromatic N) is 2. The largest absolute Gasteiger partial charge is 0.287 e. The van der Waals surface area contributed by atoms with Crippen LogP contribution in [0.3, 0.4) is 0 Å². The molecule has 2 heterocycles. The van der Waals surface area contributed by atoms with Crippen molar-refractivity contribution >= 4 is 0 Å². The summed E-state index contributed by atoms with van der Waals surface area (Å²) < 4.78 is 0. The normalized spacial score (nSPS) is 38.6. The van der Waals surface area contributed by atoms with Gasteiger partial charge in [0.05, 0.1) is 6.67 Å². The van der Waals surface area contributed by atoms with Gasteiger partial charge in [0, 0.05) is 25.2 Å². The van der Waals surface area contributed by atoms with E-state index in [1.165, 1.54) is 39.0 Å². The molecule has 0 saturated carbocycles. The van der Waals surface area contributed by atoms with E-state index in [-0.39, 0.29) is 0 Å². The monoisotopic (exact) mass is 224 g/mol. The molecule has 5 atom stereocenters. The van der Waals surface area contributed by atoms with Crippen LogP contribution in [-0.4, -0.2) is 41.6 Å². The fourth-order valence-electron chi connectivity index (χ4n) is 3.20. The van der Waals surface area contributed by atoms with Crippen LogP contribution in [0.2, 0.25) is 0 Å². The first-order chi connectivity index (χ1) is 7.61. The topological polar surface area (TPSA) is 6.25 Å². The molecule has 2 rings (SSSR count). The minimum absolute atomic E-state index is 0.752. The third-order valence-electron chi connectivity index (χ3n) is 4.56. The summed E-state index contributed by atoms with van der Waals surface area (Å²) in [5, 5.41) is 0. The summed E-state index contributed by atoms with van der Waals surface area (Å²) in [5.74, 6) is 1.72. The fourth-order valence-corrected chi connectivity index (χ4v) is 3.20. The van der Waals surface area contributed by atoms with Crippen LogP contribution in [-0.2, 0) is 0 Å². The minimum Gasteiger partial charge on any atom is -0.287 e.